The second-order valence-corrected chi connectivity index (χ2v) is 8.51. The van der Waals surface area contributed by atoms with Gasteiger partial charge in [0.2, 0.25) is 0 Å². The van der Waals surface area contributed by atoms with Gasteiger partial charge in [-0.05, 0) is 49.3 Å². The van der Waals surface area contributed by atoms with Crippen LogP contribution in [0.5, 0.6) is 0 Å². The van der Waals surface area contributed by atoms with Crippen LogP contribution >= 0.6 is 11.6 Å². The van der Waals surface area contributed by atoms with E-state index in [1.54, 1.807) is 6.07 Å². The summed E-state index contributed by atoms with van der Waals surface area (Å²) in [5, 5.41) is 10.9. The molecule has 2 rings (SSSR count). The van der Waals surface area contributed by atoms with Crippen molar-refractivity contribution in [1.29, 1.82) is 0 Å². The Morgan fingerprint density at radius 2 is 2.05 bits per heavy atom. The Morgan fingerprint density at radius 1 is 1.35 bits per heavy atom. The van der Waals surface area contributed by atoms with Crippen LogP contribution in [0.15, 0.2) is 18.2 Å². The van der Waals surface area contributed by atoms with Crippen LogP contribution in [0.25, 0.3) is 0 Å². The fourth-order valence-corrected chi connectivity index (χ4v) is 4.43. The summed E-state index contributed by atoms with van der Waals surface area (Å²) in [7, 11) is -3.03. The Morgan fingerprint density at radius 3 is 2.70 bits per heavy atom. The first kappa shape index (κ1) is 15.8. The number of aliphatic hydroxyl groups is 1. The Labute approximate surface area is 125 Å². The normalized spacial score (nSPS) is 25.4. The van der Waals surface area contributed by atoms with Gasteiger partial charge in [0, 0.05) is 11.3 Å². The molecule has 3 atom stereocenters. The minimum Gasteiger partial charge on any atom is -0.388 e. The third-order valence-electron chi connectivity index (χ3n) is 4.35. The number of sulfone groups is 1. The van der Waals surface area contributed by atoms with Crippen LogP contribution in [-0.2, 0) is 9.84 Å². The van der Waals surface area contributed by atoms with Crippen molar-refractivity contribution in [1.82, 2.24) is 0 Å². The van der Waals surface area contributed by atoms with E-state index in [2.05, 4.69) is 0 Å². The summed E-state index contributed by atoms with van der Waals surface area (Å²) in [4.78, 5) is 0. The van der Waals surface area contributed by atoms with E-state index in [0.29, 0.717) is 17.9 Å². The van der Waals surface area contributed by atoms with Gasteiger partial charge < -0.3 is 5.11 Å². The number of aliphatic hydroxyl groups excluding tert-OH is 1. The fourth-order valence-electron chi connectivity index (χ4n) is 3.06. The van der Waals surface area contributed by atoms with E-state index in [4.69, 9.17) is 11.6 Å². The Kier molecular flexibility index (Phi) is 4.77. The molecule has 1 aromatic rings. The average molecular weight is 317 g/mol. The maximum Gasteiger partial charge on any atom is 0.150 e. The highest BCUT2D eigenvalue weighted by Crippen LogP contribution is 2.38. The Hall–Kier alpha value is -0.580. The number of hydrogen-bond acceptors (Lipinski definition) is 3. The predicted octanol–water partition coefficient (Wildman–Crippen LogP) is 3.29. The highest BCUT2D eigenvalue weighted by atomic mass is 35.5. The highest BCUT2D eigenvalue weighted by Gasteiger charge is 2.33. The van der Waals surface area contributed by atoms with Gasteiger partial charge in [0.15, 0.2) is 0 Å². The highest BCUT2D eigenvalue weighted by molar-refractivity contribution is 7.91. The van der Waals surface area contributed by atoms with Crippen molar-refractivity contribution < 1.29 is 13.5 Å². The number of rotatable bonds is 3. The van der Waals surface area contributed by atoms with Crippen molar-refractivity contribution in [3.63, 3.8) is 0 Å². The minimum absolute atomic E-state index is 0.0133. The molecule has 0 amide bonds. The summed E-state index contributed by atoms with van der Waals surface area (Å²) >= 11 is 6.09. The zero-order chi connectivity index (χ0) is 14.9. The van der Waals surface area contributed by atoms with Gasteiger partial charge in [0.05, 0.1) is 11.4 Å². The molecule has 3 unspecified atom stereocenters. The molecule has 0 aliphatic heterocycles. The largest absolute Gasteiger partial charge is 0.388 e. The standard InChI is InChI=1S/C15H21ClO3S/c1-10-13(7-4-8-14(10)16)15(17)11-5-3-6-12(9-11)20(2,18)19/h4,7-8,11-12,15,17H,3,5-6,9H2,1-2H3. The Bertz CT molecular complexity index is 583. The Balaban J connectivity index is 2.21. The molecule has 1 saturated carbocycles. The molecule has 1 aromatic carbocycles. The fraction of sp³-hybridized carbons (Fsp3) is 0.600. The molecule has 0 radical (unpaired) electrons. The smallest absolute Gasteiger partial charge is 0.150 e. The number of hydrogen-bond donors (Lipinski definition) is 1. The summed E-state index contributed by atoms with van der Waals surface area (Å²) in [5.74, 6) is -0.0133. The number of benzene rings is 1. The van der Waals surface area contributed by atoms with E-state index in [-0.39, 0.29) is 11.2 Å². The van der Waals surface area contributed by atoms with Gasteiger partial charge in [-0.1, -0.05) is 30.2 Å². The van der Waals surface area contributed by atoms with Crippen LogP contribution in [-0.4, -0.2) is 25.0 Å². The lowest BCUT2D eigenvalue weighted by molar-refractivity contribution is 0.0852. The van der Waals surface area contributed by atoms with Gasteiger partial charge in [-0.25, -0.2) is 8.42 Å². The average Bonchev–Trinajstić information content (AvgIpc) is 2.40. The first-order valence-electron chi connectivity index (χ1n) is 6.92. The first-order valence-corrected chi connectivity index (χ1v) is 9.26. The van der Waals surface area contributed by atoms with Crippen molar-refractivity contribution in [3.05, 3.63) is 34.3 Å². The van der Waals surface area contributed by atoms with Crippen LogP contribution in [0.3, 0.4) is 0 Å². The van der Waals surface area contributed by atoms with Crippen LogP contribution < -0.4 is 0 Å². The third-order valence-corrected chi connectivity index (χ3v) is 6.40. The number of halogens is 1. The molecule has 3 nitrogen and oxygen atoms in total. The molecule has 0 saturated heterocycles. The maximum atomic E-state index is 11.7. The van der Waals surface area contributed by atoms with E-state index >= 15 is 0 Å². The second-order valence-electron chi connectivity index (χ2n) is 5.78. The van der Waals surface area contributed by atoms with E-state index in [0.717, 1.165) is 24.0 Å². The molecule has 1 N–H and O–H groups in total. The van der Waals surface area contributed by atoms with Gasteiger partial charge >= 0.3 is 0 Å². The van der Waals surface area contributed by atoms with Gasteiger partial charge in [-0.15, -0.1) is 0 Å². The molecule has 20 heavy (non-hydrogen) atoms. The molecule has 1 fully saturated rings. The molecule has 5 heteroatoms. The van der Waals surface area contributed by atoms with Gasteiger partial charge in [0.1, 0.15) is 9.84 Å². The van der Waals surface area contributed by atoms with Crippen LogP contribution in [0.1, 0.15) is 42.9 Å². The molecule has 1 aliphatic carbocycles. The summed E-state index contributed by atoms with van der Waals surface area (Å²) in [6.45, 7) is 1.89. The lowest BCUT2D eigenvalue weighted by atomic mass is 9.81. The SMILES string of the molecule is Cc1c(Cl)cccc1C(O)C1CCCC(S(C)(=O)=O)C1. The van der Waals surface area contributed by atoms with E-state index in [1.807, 2.05) is 19.1 Å². The molecular formula is C15H21ClO3S. The molecule has 0 bridgehead atoms. The molecular weight excluding hydrogens is 296 g/mol. The molecule has 0 aromatic heterocycles. The van der Waals surface area contributed by atoms with Crippen molar-refractivity contribution in [2.24, 2.45) is 5.92 Å². The van der Waals surface area contributed by atoms with Gasteiger partial charge in [-0.2, -0.15) is 0 Å². The maximum absolute atomic E-state index is 11.7. The topological polar surface area (TPSA) is 54.4 Å². The first-order chi connectivity index (χ1) is 9.30. The molecule has 1 aliphatic rings. The summed E-state index contributed by atoms with van der Waals surface area (Å²) in [5.41, 5.74) is 1.69. The van der Waals surface area contributed by atoms with Crippen LogP contribution in [0.4, 0.5) is 0 Å². The summed E-state index contributed by atoms with van der Waals surface area (Å²) in [6, 6.07) is 5.49. The summed E-state index contributed by atoms with van der Waals surface area (Å²) in [6.07, 6.45) is 3.59. The van der Waals surface area contributed by atoms with Crippen molar-refractivity contribution in [2.75, 3.05) is 6.26 Å². The minimum atomic E-state index is -3.03. The van der Waals surface area contributed by atoms with Gasteiger partial charge in [0.25, 0.3) is 0 Å². The molecule has 0 spiro atoms. The van der Waals surface area contributed by atoms with Crippen molar-refractivity contribution >= 4 is 21.4 Å². The monoisotopic (exact) mass is 316 g/mol. The van der Waals surface area contributed by atoms with Crippen LogP contribution in [0.2, 0.25) is 5.02 Å². The zero-order valence-electron chi connectivity index (χ0n) is 11.8. The quantitative estimate of drug-likeness (QED) is 0.931. The molecule has 112 valence electrons. The van der Waals surface area contributed by atoms with Crippen molar-refractivity contribution in [2.45, 2.75) is 44.0 Å². The van der Waals surface area contributed by atoms with Gasteiger partial charge in [-0.3, -0.25) is 0 Å². The van der Waals surface area contributed by atoms with E-state index in [1.165, 1.54) is 6.26 Å². The lowest BCUT2D eigenvalue weighted by Gasteiger charge is -2.32. The van der Waals surface area contributed by atoms with Crippen LogP contribution in [0, 0.1) is 12.8 Å². The van der Waals surface area contributed by atoms with E-state index in [9.17, 15) is 13.5 Å². The second kappa shape index (κ2) is 6.04. The molecule has 0 heterocycles. The predicted molar refractivity (Wildman–Crippen MR) is 81.7 cm³/mol. The van der Waals surface area contributed by atoms with Crippen molar-refractivity contribution in [3.8, 4) is 0 Å². The summed E-state index contributed by atoms with van der Waals surface area (Å²) < 4.78 is 23.4. The van der Waals surface area contributed by atoms with E-state index < -0.39 is 15.9 Å². The lowest BCUT2D eigenvalue weighted by Crippen LogP contribution is -2.30. The zero-order valence-corrected chi connectivity index (χ0v) is 13.4. The third kappa shape index (κ3) is 3.35.